The van der Waals surface area contributed by atoms with Crippen LogP contribution in [0.25, 0.3) is 10.9 Å². The monoisotopic (exact) mass is 409 g/mol. The van der Waals surface area contributed by atoms with E-state index in [-0.39, 0.29) is 0 Å². The molecule has 72 valence electrons. The molecule has 0 radical (unpaired) electrons. The van der Waals surface area contributed by atoms with Crippen LogP contribution < -0.4 is 0 Å². The minimum Gasteiger partial charge on any atom is -0.242 e. The average Bonchev–Trinajstić information content (AvgIpc) is 2.14. The standard InChI is InChI=1S/C11H9I2N/c1-6-5-9-8(11(13)7(6)2)3-4-10(12)14-9/h3-5H,1-2H3. The maximum atomic E-state index is 4.52. The van der Waals surface area contributed by atoms with E-state index in [0.29, 0.717) is 0 Å². The lowest BCUT2D eigenvalue weighted by atomic mass is 10.1. The van der Waals surface area contributed by atoms with Crippen LogP contribution >= 0.6 is 45.2 Å². The Hall–Kier alpha value is 0.0900. The van der Waals surface area contributed by atoms with Crippen molar-refractivity contribution in [1.29, 1.82) is 0 Å². The summed E-state index contributed by atoms with van der Waals surface area (Å²) in [5.74, 6) is 0. The van der Waals surface area contributed by atoms with Gasteiger partial charge in [0, 0.05) is 8.96 Å². The third-order valence-electron chi connectivity index (χ3n) is 2.40. The van der Waals surface area contributed by atoms with Crippen LogP contribution in [0, 0.1) is 21.1 Å². The first-order valence-corrected chi connectivity index (χ1v) is 6.47. The molecule has 0 atom stereocenters. The molecule has 1 aromatic carbocycles. The van der Waals surface area contributed by atoms with Crippen molar-refractivity contribution in [3.63, 3.8) is 0 Å². The first kappa shape index (κ1) is 10.6. The van der Waals surface area contributed by atoms with E-state index in [1.807, 2.05) is 0 Å². The van der Waals surface area contributed by atoms with Gasteiger partial charge in [0.05, 0.1) is 5.52 Å². The minimum absolute atomic E-state index is 1.05. The fraction of sp³-hybridized carbons (Fsp3) is 0.182. The summed E-state index contributed by atoms with van der Waals surface area (Å²) < 4.78 is 2.37. The van der Waals surface area contributed by atoms with Crippen LogP contribution in [-0.2, 0) is 0 Å². The van der Waals surface area contributed by atoms with E-state index in [1.165, 1.54) is 20.1 Å². The van der Waals surface area contributed by atoms with Crippen LogP contribution in [0.15, 0.2) is 18.2 Å². The van der Waals surface area contributed by atoms with Crippen molar-refractivity contribution >= 4 is 56.1 Å². The maximum absolute atomic E-state index is 4.52. The predicted octanol–water partition coefficient (Wildman–Crippen LogP) is 4.06. The van der Waals surface area contributed by atoms with E-state index in [2.05, 4.69) is 82.2 Å². The zero-order valence-corrected chi connectivity index (χ0v) is 12.3. The van der Waals surface area contributed by atoms with Crippen LogP contribution in [0.2, 0.25) is 0 Å². The van der Waals surface area contributed by atoms with Gasteiger partial charge < -0.3 is 0 Å². The summed E-state index contributed by atoms with van der Waals surface area (Å²) in [5.41, 5.74) is 3.78. The summed E-state index contributed by atoms with van der Waals surface area (Å²) in [4.78, 5) is 4.52. The van der Waals surface area contributed by atoms with Gasteiger partial charge in [-0.3, -0.25) is 0 Å². The Bertz CT molecular complexity index is 506. The summed E-state index contributed by atoms with van der Waals surface area (Å²) >= 11 is 4.64. The first-order valence-electron chi connectivity index (χ1n) is 4.31. The fourth-order valence-corrected chi connectivity index (χ4v) is 2.76. The van der Waals surface area contributed by atoms with Crippen molar-refractivity contribution in [3.8, 4) is 0 Å². The molecule has 0 fully saturated rings. The number of aromatic nitrogens is 1. The Labute approximate surface area is 111 Å². The van der Waals surface area contributed by atoms with Gasteiger partial charge in [0.15, 0.2) is 0 Å². The zero-order valence-electron chi connectivity index (χ0n) is 7.94. The average molecular weight is 409 g/mol. The number of pyridine rings is 1. The van der Waals surface area contributed by atoms with Gasteiger partial charge >= 0.3 is 0 Å². The lowest BCUT2D eigenvalue weighted by Crippen LogP contribution is -1.91. The highest BCUT2D eigenvalue weighted by atomic mass is 127. The van der Waals surface area contributed by atoms with E-state index in [1.54, 1.807) is 0 Å². The van der Waals surface area contributed by atoms with Gasteiger partial charge in [-0.25, -0.2) is 4.98 Å². The van der Waals surface area contributed by atoms with Crippen molar-refractivity contribution in [2.24, 2.45) is 0 Å². The van der Waals surface area contributed by atoms with E-state index in [9.17, 15) is 0 Å². The minimum atomic E-state index is 1.05. The van der Waals surface area contributed by atoms with Gasteiger partial charge in [-0.1, -0.05) is 0 Å². The Morgan fingerprint density at radius 2 is 1.86 bits per heavy atom. The lowest BCUT2D eigenvalue weighted by molar-refractivity contribution is 1.29. The van der Waals surface area contributed by atoms with Crippen molar-refractivity contribution in [2.45, 2.75) is 13.8 Å². The third kappa shape index (κ3) is 1.76. The molecule has 0 bridgehead atoms. The van der Waals surface area contributed by atoms with Crippen LogP contribution in [-0.4, -0.2) is 4.98 Å². The second-order valence-electron chi connectivity index (χ2n) is 3.33. The maximum Gasteiger partial charge on any atom is 0.102 e. The molecule has 0 unspecified atom stereocenters. The summed E-state index contributed by atoms with van der Waals surface area (Å²) in [6.07, 6.45) is 0. The van der Waals surface area contributed by atoms with Crippen LogP contribution in [0.3, 0.4) is 0 Å². The molecule has 1 heterocycles. The quantitative estimate of drug-likeness (QED) is 0.473. The van der Waals surface area contributed by atoms with Crippen LogP contribution in [0.5, 0.6) is 0 Å². The molecule has 3 heteroatoms. The Kier molecular flexibility index (Phi) is 2.97. The van der Waals surface area contributed by atoms with Gasteiger partial charge in [-0.05, 0) is 88.4 Å². The smallest absolute Gasteiger partial charge is 0.102 e. The molecule has 0 N–H and O–H groups in total. The Morgan fingerprint density at radius 1 is 1.14 bits per heavy atom. The second-order valence-corrected chi connectivity index (χ2v) is 5.52. The number of benzene rings is 1. The van der Waals surface area contributed by atoms with Gasteiger partial charge in [0.25, 0.3) is 0 Å². The van der Waals surface area contributed by atoms with Crippen molar-refractivity contribution in [3.05, 3.63) is 36.6 Å². The number of aryl methyl sites for hydroxylation is 1. The fourth-order valence-electron chi connectivity index (χ4n) is 1.43. The van der Waals surface area contributed by atoms with E-state index in [0.717, 1.165) is 9.22 Å². The molecular weight excluding hydrogens is 400 g/mol. The number of hydrogen-bond donors (Lipinski definition) is 0. The zero-order chi connectivity index (χ0) is 10.3. The largest absolute Gasteiger partial charge is 0.242 e. The molecule has 14 heavy (non-hydrogen) atoms. The van der Waals surface area contributed by atoms with Crippen molar-refractivity contribution in [2.75, 3.05) is 0 Å². The van der Waals surface area contributed by atoms with Gasteiger partial charge in [-0.2, -0.15) is 0 Å². The molecule has 0 aliphatic carbocycles. The normalized spacial score (nSPS) is 10.9. The van der Waals surface area contributed by atoms with Crippen LogP contribution in [0.4, 0.5) is 0 Å². The Morgan fingerprint density at radius 3 is 2.57 bits per heavy atom. The third-order valence-corrected chi connectivity index (χ3v) is 4.39. The highest BCUT2D eigenvalue weighted by molar-refractivity contribution is 14.1. The van der Waals surface area contributed by atoms with Gasteiger partial charge in [0.2, 0.25) is 0 Å². The van der Waals surface area contributed by atoms with E-state index in [4.69, 9.17) is 0 Å². The summed E-state index contributed by atoms with van der Waals surface area (Å²) in [7, 11) is 0. The van der Waals surface area contributed by atoms with Crippen molar-refractivity contribution < 1.29 is 0 Å². The number of fused-ring (bicyclic) bond motifs is 1. The lowest BCUT2D eigenvalue weighted by Gasteiger charge is -2.07. The molecule has 0 amide bonds. The molecule has 0 spiro atoms. The summed E-state index contributed by atoms with van der Waals surface area (Å²) in [5, 5.41) is 1.26. The molecule has 0 aliphatic rings. The molecule has 0 saturated heterocycles. The van der Waals surface area contributed by atoms with Gasteiger partial charge in [-0.15, -0.1) is 0 Å². The molecule has 1 aromatic heterocycles. The topological polar surface area (TPSA) is 12.9 Å². The molecule has 2 rings (SSSR count). The second kappa shape index (κ2) is 3.92. The van der Waals surface area contributed by atoms with Crippen LogP contribution in [0.1, 0.15) is 11.1 Å². The molecule has 0 saturated carbocycles. The van der Waals surface area contributed by atoms with E-state index < -0.39 is 0 Å². The van der Waals surface area contributed by atoms with E-state index >= 15 is 0 Å². The predicted molar refractivity (Wildman–Crippen MR) is 76.7 cm³/mol. The Balaban J connectivity index is 2.91. The first-order chi connectivity index (χ1) is 6.59. The van der Waals surface area contributed by atoms with Gasteiger partial charge in [0.1, 0.15) is 3.70 Å². The summed E-state index contributed by atoms with van der Waals surface area (Å²) in [6, 6.07) is 6.37. The highest BCUT2D eigenvalue weighted by Gasteiger charge is 2.06. The molecule has 2 aromatic rings. The number of rotatable bonds is 0. The number of nitrogens with zero attached hydrogens (tertiary/aromatic N) is 1. The van der Waals surface area contributed by atoms with Crippen molar-refractivity contribution in [1.82, 2.24) is 4.98 Å². The SMILES string of the molecule is Cc1cc2nc(I)ccc2c(I)c1C. The summed E-state index contributed by atoms with van der Waals surface area (Å²) in [6.45, 7) is 4.30. The number of hydrogen-bond acceptors (Lipinski definition) is 1. The number of halogens is 2. The molecular formula is C11H9I2N. The highest BCUT2D eigenvalue weighted by Crippen LogP contribution is 2.25. The molecule has 0 aliphatic heterocycles. The molecule has 1 nitrogen and oxygen atoms in total.